The molecule has 0 aliphatic carbocycles. The molecule has 2 atom stereocenters. The maximum Gasteiger partial charge on any atom is 0.237 e. The van der Waals surface area contributed by atoms with Crippen LogP contribution in [0.15, 0.2) is 30.3 Å². The quantitative estimate of drug-likeness (QED) is 0.735. The highest BCUT2D eigenvalue weighted by Gasteiger charge is 2.47. The van der Waals surface area contributed by atoms with Crippen molar-refractivity contribution in [2.45, 2.75) is 12.1 Å². The molecule has 2 heterocycles. The second-order valence-electron chi connectivity index (χ2n) is 7.49. The molecular formula is C19H26FN3O3S. The Labute approximate surface area is 160 Å². The van der Waals surface area contributed by atoms with Gasteiger partial charge in [-0.05, 0) is 31.8 Å². The van der Waals surface area contributed by atoms with Crippen LogP contribution in [0.3, 0.4) is 0 Å². The predicted molar refractivity (Wildman–Crippen MR) is 104 cm³/mol. The van der Waals surface area contributed by atoms with Crippen LogP contribution in [0.1, 0.15) is 5.56 Å². The number of piperazine rings is 1. The largest absolute Gasteiger partial charge is 0.335 e. The number of hydrogen-bond donors (Lipinski definition) is 0. The Balaban J connectivity index is 1.69. The van der Waals surface area contributed by atoms with E-state index in [0.29, 0.717) is 19.6 Å². The molecule has 0 N–H and O–H groups in total. The number of carbonyl (C=O) groups excluding carboxylic acids is 1. The van der Waals surface area contributed by atoms with Crippen molar-refractivity contribution in [1.29, 1.82) is 0 Å². The monoisotopic (exact) mass is 395 g/mol. The summed E-state index contributed by atoms with van der Waals surface area (Å²) in [6.45, 7) is 2.06. The van der Waals surface area contributed by atoms with Crippen LogP contribution in [-0.4, -0.2) is 92.9 Å². The topological polar surface area (TPSA) is 60.9 Å². The molecule has 2 fully saturated rings. The fraction of sp³-hybridized carbons (Fsp3) is 0.526. The normalized spacial score (nSPS) is 25.3. The van der Waals surface area contributed by atoms with Gasteiger partial charge in [0, 0.05) is 25.7 Å². The second-order valence-corrected chi connectivity index (χ2v) is 9.64. The number of likely N-dealkylation sites (N-methyl/N-ethyl adjacent to an activating group) is 1. The molecular weight excluding hydrogens is 369 g/mol. The van der Waals surface area contributed by atoms with Crippen LogP contribution < -0.4 is 0 Å². The third-order valence-corrected chi connectivity index (χ3v) is 6.78. The standard InChI is InChI=1S/C19H26FN3O3S/c1-21(2)12-19(24)23-11-10-22(17-13-27(25,26)14-18(17)23)9-3-4-15-5-7-16(20)8-6-15/h3-8,17-18H,9-14H2,1-2H3/b4-3+/t17-,18+/m0/s1. The summed E-state index contributed by atoms with van der Waals surface area (Å²) in [7, 11) is 0.508. The Bertz CT molecular complexity index is 808. The van der Waals surface area contributed by atoms with Gasteiger partial charge in [-0.2, -0.15) is 0 Å². The predicted octanol–water partition coefficient (Wildman–Crippen LogP) is 0.710. The molecule has 0 bridgehead atoms. The zero-order chi connectivity index (χ0) is 19.6. The van der Waals surface area contributed by atoms with Crippen LogP contribution in [0.5, 0.6) is 0 Å². The zero-order valence-electron chi connectivity index (χ0n) is 15.7. The summed E-state index contributed by atoms with van der Waals surface area (Å²) < 4.78 is 37.4. The highest BCUT2D eigenvalue weighted by atomic mass is 32.2. The van der Waals surface area contributed by atoms with Crippen LogP contribution in [0.25, 0.3) is 6.08 Å². The number of fused-ring (bicyclic) bond motifs is 1. The number of benzene rings is 1. The van der Waals surface area contributed by atoms with Crippen molar-refractivity contribution in [1.82, 2.24) is 14.7 Å². The Morgan fingerprint density at radius 3 is 2.52 bits per heavy atom. The lowest BCUT2D eigenvalue weighted by molar-refractivity contribution is -0.137. The smallest absolute Gasteiger partial charge is 0.237 e. The van der Waals surface area contributed by atoms with Gasteiger partial charge in [-0.3, -0.25) is 9.69 Å². The Hall–Kier alpha value is -1.77. The second kappa shape index (κ2) is 8.08. The maximum atomic E-state index is 13.0. The molecule has 1 aromatic carbocycles. The lowest BCUT2D eigenvalue weighted by Crippen LogP contribution is -2.61. The zero-order valence-corrected chi connectivity index (χ0v) is 16.5. The average molecular weight is 396 g/mol. The first-order valence-electron chi connectivity index (χ1n) is 9.06. The van der Waals surface area contributed by atoms with Gasteiger partial charge in [-0.15, -0.1) is 0 Å². The molecule has 6 nitrogen and oxygen atoms in total. The minimum atomic E-state index is -3.15. The first kappa shape index (κ1) is 20.0. The number of hydrogen-bond acceptors (Lipinski definition) is 5. The van der Waals surface area contributed by atoms with Gasteiger partial charge in [-0.25, -0.2) is 12.8 Å². The van der Waals surface area contributed by atoms with E-state index in [1.54, 1.807) is 21.9 Å². The third-order valence-electron chi connectivity index (χ3n) is 5.08. The van der Waals surface area contributed by atoms with Crippen molar-refractivity contribution < 1.29 is 17.6 Å². The van der Waals surface area contributed by atoms with E-state index in [0.717, 1.165) is 5.56 Å². The highest BCUT2D eigenvalue weighted by molar-refractivity contribution is 7.91. The van der Waals surface area contributed by atoms with E-state index < -0.39 is 9.84 Å². The van der Waals surface area contributed by atoms with E-state index in [-0.39, 0.29) is 41.9 Å². The van der Waals surface area contributed by atoms with E-state index in [4.69, 9.17) is 0 Å². The molecule has 2 saturated heterocycles. The first-order valence-corrected chi connectivity index (χ1v) is 10.9. The van der Waals surface area contributed by atoms with Crippen molar-refractivity contribution in [2.24, 2.45) is 0 Å². The SMILES string of the molecule is CN(C)CC(=O)N1CCN(C/C=C/c2ccc(F)cc2)[C@H]2CS(=O)(=O)C[C@H]21. The van der Waals surface area contributed by atoms with E-state index in [9.17, 15) is 17.6 Å². The van der Waals surface area contributed by atoms with Crippen LogP contribution in [0.4, 0.5) is 4.39 Å². The van der Waals surface area contributed by atoms with E-state index in [2.05, 4.69) is 4.90 Å². The molecule has 1 amide bonds. The number of carbonyl (C=O) groups is 1. The lowest BCUT2D eigenvalue weighted by atomic mass is 10.0. The van der Waals surface area contributed by atoms with Gasteiger partial charge in [0.05, 0.1) is 24.1 Å². The summed E-state index contributed by atoms with van der Waals surface area (Å²) in [6.07, 6.45) is 3.87. The fourth-order valence-corrected chi connectivity index (χ4v) is 5.83. The maximum absolute atomic E-state index is 13.0. The van der Waals surface area contributed by atoms with Crippen LogP contribution in [0, 0.1) is 5.82 Å². The summed E-state index contributed by atoms with van der Waals surface area (Å²) >= 11 is 0. The lowest BCUT2D eigenvalue weighted by Gasteiger charge is -2.43. The van der Waals surface area contributed by atoms with Gasteiger partial charge in [-0.1, -0.05) is 24.3 Å². The van der Waals surface area contributed by atoms with Gasteiger partial charge in [0.15, 0.2) is 9.84 Å². The van der Waals surface area contributed by atoms with Gasteiger partial charge in [0.25, 0.3) is 0 Å². The number of halogens is 1. The minimum absolute atomic E-state index is 0.0198. The van der Waals surface area contributed by atoms with Crippen LogP contribution >= 0.6 is 0 Å². The molecule has 0 unspecified atom stereocenters. The first-order chi connectivity index (χ1) is 12.7. The molecule has 0 aromatic heterocycles. The Morgan fingerprint density at radius 2 is 1.85 bits per heavy atom. The molecule has 2 aliphatic rings. The van der Waals surface area contributed by atoms with Crippen LogP contribution in [-0.2, 0) is 14.6 Å². The summed E-state index contributed by atoms with van der Waals surface area (Å²) in [4.78, 5) is 18.2. The molecule has 148 valence electrons. The van der Waals surface area contributed by atoms with Crippen LogP contribution in [0.2, 0.25) is 0 Å². The summed E-state index contributed by atoms with van der Waals surface area (Å²) in [6, 6.07) is 5.77. The Kier molecular flexibility index (Phi) is 5.98. The van der Waals surface area contributed by atoms with Crippen molar-refractivity contribution in [3.63, 3.8) is 0 Å². The van der Waals surface area contributed by atoms with Crippen molar-refractivity contribution >= 4 is 21.8 Å². The van der Waals surface area contributed by atoms with Crippen molar-refractivity contribution in [2.75, 3.05) is 51.8 Å². The number of amides is 1. The van der Waals surface area contributed by atoms with E-state index in [1.165, 1.54) is 12.1 Å². The van der Waals surface area contributed by atoms with Gasteiger partial charge in [0.2, 0.25) is 5.91 Å². The third kappa shape index (κ3) is 4.94. The van der Waals surface area contributed by atoms with E-state index in [1.807, 2.05) is 26.2 Å². The van der Waals surface area contributed by atoms with E-state index >= 15 is 0 Å². The number of nitrogens with zero attached hydrogens (tertiary/aromatic N) is 3. The molecule has 8 heteroatoms. The summed E-state index contributed by atoms with van der Waals surface area (Å²) in [5.74, 6) is -0.165. The molecule has 0 radical (unpaired) electrons. The molecule has 0 saturated carbocycles. The Morgan fingerprint density at radius 1 is 1.19 bits per heavy atom. The summed E-state index contributed by atoms with van der Waals surface area (Å²) in [5.41, 5.74) is 0.895. The highest BCUT2D eigenvalue weighted by Crippen LogP contribution is 2.27. The minimum Gasteiger partial charge on any atom is -0.335 e. The molecule has 1 aromatic rings. The fourth-order valence-electron chi connectivity index (χ4n) is 3.82. The molecule has 27 heavy (non-hydrogen) atoms. The van der Waals surface area contributed by atoms with Gasteiger partial charge in [0.1, 0.15) is 5.82 Å². The number of rotatable bonds is 5. The van der Waals surface area contributed by atoms with Crippen molar-refractivity contribution in [3.8, 4) is 0 Å². The average Bonchev–Trinajstić information content (AvgIpc) is 2.91. The number of sulfone groups is 1. The van der Waals surface area contributed by atoms with Gasteiger partial charge >= 0.3 is 0 Å². The molecule has 0 spiro atoms. The van der Waals surface area contributed by atoms with Crippen molar-refractivity contribution in [3.05, 3.63) is 41.7 Å². The summed E-state index contributed by atoms with van der Waals surface area (Å²) in [5, 5.41) is 0. The molecule has 2 aliphatic heterocycles. The van der Waals surface area contributed by atoms with Gasteiger partial charge < -0.3 is 9.80 Å². The molecule has 3 rings (SSSR count).